The molecule has 0 aromatic heterocycles. The van der Waals surface area contributed by atoms with Gasteiger partial charge in [0.05, 0.1) is 0 Å². The van der Waals surface area contributed by atoms with Gasteiger partial charge in [0, 0.05) is 25.2 Å². The number of carbonyl (C=O) groups is 1. The Morgan fingerprint density at radius 3 is 2.50 bits per heavy atom. The normalized spacial score (nSPS) is 20.3. The second-order valence-electron chi connectivity index (χ2n) is 4.87. The number of urea groups is 1. The van der Waals surface area contributed by atoms with Gasteiger partial charge in [0.25, 0.3) is 0 Å². The first kappa shape index (κ1) is 13.3. The molecule has 0 bridgehead atoms. The average molecular weight is 228 g/mol. The molecule has 0 radical (unpaired) electrons. The molecule has 1 heterocycles. The Morgan fingerprint density at radius 1 is 1.38 bits per heavy atom. The largest absolute Gasteiger partial charge is 0.396 e. The fourth-order valence-electron chi connectivity index (χ4n) is 2.01. The molecule has 94 valence electrons. The van der Waals surface area contributed by atoms with Gasteiger partial charge in [-0.05, 0) is 39.0 Å². The zero-order chi connectivity index (χ0) is 12.0. The van der Waals surface area contributed by atoms with Crippen LogP contribution in [0, 0.1) is 0 Å². The molecule has 0 aromatic rings. The maximum Gasteiger partial charge on any atom is 0.317 e. The third-order valence-electron chi connectivity index (χ3n) is 3.50. The minimum Gasteiger partial charge on any atom is -0.396 e. The van der Waals surface area contributed by atoms with Crippen LogP contribution in [0.5, 0.6) is 0 Å². The number of nitrogens with zero attached hydrogens (tertiary/aromatic N) is 1. The van der Waals surface area contributed by atoms with Crippen LogP contribution < -0.4 is 5.32 Å². The van der Waals surface area contributed by atoms with Gasteiger partial charge in [-0.1, -0.05) is 6.92 Å². The predicted octanol–water partition coefficient (Wildman–Crippen LogP) is 1.73. The van der Waals surface area contributed by atoms with Crippen LogP contribution in [0.15, 0.2) is 0 Å². The van der Waals surface area contributed by atoms with Crippen LogP contribution in [-0.2, 0) is 0 Å². The van der Waals surface area contributed by atoms with Gasteiger partial charge in [0.15, 0.2) is 0 Å². The van der Waals surface area contributed by atoms with Crippen molar-refractivity contribution < 1.29 is 9.90 Å². The summed E-state index contributed by atoms with van der Waals surface area (Å²) in [6.07, 6.45) is 4.90. The van der Waals surface area contributed by atoms with Crippen LogP contribution in [0.3, 0.4) is 0 Å². The molecule has 1 aliphatic heterocycles. The van der Waals surface area contributed by atoms with Crippen molar-refractivity contribution in [2.75, 3.05) is 19.7 Å². The van der Waals surface area contributed by atoms with E-state index in [9.17, 15) is 4.79 Å². The van der Waals surface area contributed by atoms with E-state index >= 15 is 0 Å². The number of hydrogen-bond acceptors (Lipinski definition) is 2. The van der Waals surface area contributed by atoms with Crippen molar-refractivity contribution in [2.24, 2.45) is 0 Å². The molecule has 0 spiro atoms. The molecule has 1 saturated heterocycles. The van der Waals surface area contributed by atoms with Crippen molar-refractivity contribution in [2.45, 2.75) is 51.5 Å². The Bertz CT molecular complexity index is 227. The van der Waals surface area contributed by atoms with E-state index in [-0.39, 0.29) is 18.2 Å². The van der Waals surface area contributed by atoms with Crippen molar-refractivity contribution in [3.63, 3.8) is 0 Å². The van der Waals surface area contributed by atoms with E-state index in [0.29, 0.717) is 6.42 Å². The summed E-state index contributed by atoms with van der Waals surface area (Å²) in [6.45, 7) is 5.87. The Hall–Kier alpha value is -0.770. The van der Waals surface area contributed by atoms with E-state index in [2.05, 4.69) is 5.32 Å². The van der Waals surface area contributed by atoms with Gasteiger partial charge in [-0.3, -0.25) is 0 Å². The zero-order valence-electron chi connectivity index (χ0n) is 10.5. The highest BCUT2D eigenvalue weighted by Gasteiger charge is 2.26. The summed E-state index contributed by atoms with van der Waals surface area (Å²) in [5, 5.41) is 12.0. The first-order valence-corrected chi connectivity index (χ1v) is 6.29. The molecule has 1 unspecified atom stereocenters. The first-order valence-electron chi connectivity index (χ1n) is 6.29. The lowest BCUT2D eigenvalue weighted by Crippen LogP contribution is -2.52. The monoisotopic (exact) mass is 228 g/mol. The van der Waals surface area contributed by atoms with Crippen LogP contribution in [0.25, 0.3) is 0 Å². The summed E-state index contributed by atoms with van der Waals surface area (Å²) in [5.74, 6) is 0. The molecular formula is C12H24N2O2. The third kappa shape index (κ3) is 3.67. The number of likely N-dealkylation sites (tertiary alicyclic amines) is 1. The van der Waals surface area contributed by atoms with E-state index < -0.39 is 0 Å². The summed E-state index contributed by atoms with van der Waals surface area (Å²) >= 11 is 0. The molecule has 2 N–H and O–H groups in total. The lowest BCUT2D eigenvalue weighted by Gasteiger charge is -2.34. The number of hydrogen-bond donors (Lipinski definition) is 2. The van der Waals surface area contributed by atoms with Gasteiger partial charge in [0.1, 0.15) is 0 Å². The SMILES string of the molecule is CCC(C)(CCO)NC(=O)N1CCCCC1. The van der Waals surface area contributed by atoms with Crippen LogP contribution >= 0.6 is 0 Å². The Balaban J connectivity index is 2.47. The van der Waals surface area contributed by atoms with Crippen molar-refractivity contribution in [1.29, 1.82) is 0 Å². The van der Waals surface area contributed by atoms with E-state index in [1.807, 2.05) is 18.7 Å². The summed E-state index contributed by atoms with van der Waals surface area (Å²) in [5.41, 5.74) is -0.275. The smallest absolute Gasteiger partial charge is 0.317 e. The van der Waals surface area contributed by atoms with Crippen LogP contribution in [0.4, 0.5) is 4.79 Å². The lowest BCUT2D eigenvalue weighted by molar-refractivity contribution is 0.162. The van der Waals surface area contributed by atoms with Gasteiger partial charge in [-0.15, -0.1) is 0 Å². The van der Waals surface area contributed by atoms with Crippen LogP contribution in [0.2, 0.25) is 0 Å². The minimum absolute atomic E-state index is 0.0255. The highest BCUT2D eigenvalue weighted by atomic mass is 16.3. The number of piperidine rings is 1. The van der Waals surface area contributed by atoms with Gasteiger partial charge in [0.2, 0.25) is 0 Å². The third-order valence-corrected chi connectivity index (χ3v) is 3.50. The maximum absolute atomic E-state index is 12.0. The molecule has 1 rings (SSSR count). The first-order chi connectivity index (χ1) is 7.61. The number of aliphatic hydroxyl groups is 1. The van der Waals surface area contributed by atoms with E-state index in [0.717, 1.165) is 32.4 Å². The molecule has 4 nitrogen and oxygen atoms in total. The number of amides is 2. The summed E-state index contributed by atoms with van der Waals surface area (Å²) < 4.78 is 0. The Labute approximate surface area is 98.0 Å². The van der Waals surface area contributed by atoms with Crippen LogP contribution in [-0.4, -0.2) is 41.3 Å². The predicted molar refractivity (Wildman–Crippen MR) is 64.4 cm³/mol. The second-order valence-corrected chi connectivity index (χ2v) is 4.87. The van der Waals surface area contributed by atoms with Crippen molar-refractivity contribution in [3.05, 3.63) is 0 Å². The summed E-state index contributed by atoms with van der Waals surface area (Å²) in [6, 6.07) is 0.0255. The molecule has 4 heteroatoms. The van der Waals surface area contributed by atoms with Crippen molar-refractivity contribution in [3.8, 4) is 0 Å². The molecule has 2 amide bonds. The van der Waals surface area contributed by atoms with E-state index in [1.54, 1.807) is 0 Å². The highest BCUT2D eigenvalue weighted by molar-refractivity contribution is 5.75. The molecule has 1 fully saturated rings. The molecule has 1 aliphatic rings. The second kappa shape index (κ2) is 6.09. The van der Waals surface area contributed by atoms with E-state index in [1.165, 1.54) is 6.42 Å². The number of carbonyl (C=O) groups excluding carboxylic acids is 1. The van der Waals surface area contributed by atoms with Gasteiger partial charge >= 0.3 is 6.03 Å². The quantitative estimate of drug-likeness (QED) is 0.770. The summed E-state index contributed by atoms with van der Waals surface area (Å²) in [7, 11) is 0. The van der Waals surface area contributed by atoms with E-state index in [4.69, 9.17) is 5.11 Å². The molecule has 1 atom stereocenters. The topological polar surface area (TPSA) is 52.6 Å². The standard InChI is InChI=1S/C12H24N2O2/c1-3-12(2,7-10-15)13-11(16)14-8-5-4-6-9-14/h15H,3-10H2,1-2H3,(H,13,16). The molecule has 0 aromatic carbocycles. The number of rotatable bonds is 4. The molecular weight excluding hydrogens is 204 g/mol. The Morgan fingerprint density at radius 2 is 2.00 bits per heavy atom. The molecule has 0 saturated carbocycles. The fraction of sp³-hybridized carbons (Fsp3) is 0.917. The Kier molecular flexibility index (Phi) is 5.06. The van der Waals surface area contributed by atoms with Crippen LogP contribution in [0.1, 0.15) is 46.0 Å². The highest BCUT2D eigenvalue weighted by Crippen LogP contribution is 2.16. The number of aliphatic hydroxyl groups excluding tert-OH is 1. The molecule has 0 aliphatic carbocycles. The fourth-order valence-corrected chi connectivity index (χ4v) is 2.01. The van der Waals surface area contributed by atoms with Gasteiger partial charge in [-0.2, -0.15) is 0 Å². The maximum atomic E-state index is 12.0. The minimum atomic E-state index is -0.275. The zero-order valence-corrected chi connectivity index (χ0v) is 10.5. The van der Waals surface area contributed by atoms with Crippen molar-refractivity contribution >= 4 is 6.03 Å². The summed E-state index contributed by atoms with van der Waals surface area (Å²) in [4.78, 5) is 13.9. The van der Waals surface area contributed by atoms with Gasteiger partial charge < -0.3 is 15.3 Å². The molecule has 16 heavy (non-hydrogen) atoms. The average Bonchev–Trinajstić information content (AvgIpc) is 2.30. The number of nitrogens with one attached hydrogen (secondary N) is 1. The van der Waals surface area contributed by atoms with Gasteiger partial charge in [-0.25, -0.2) is 4.79 Å². The lowest BCUT2D eigenvalue weighted by atomic mass is 9.95. The van der Waals surface area contributed by atoms with Crippen molar-refractivity contribution in [1.82, 2.24) is 10.2 Å².